The Kier molecular flexibility index (Phi) is 5.68. The van der Waals surface area contributed by atoms with Crippen LogP contribution < -0.4 is 10.9 Å². The molecule has 3 aromatic heterocycles. The van der Waals surface area contributed by atoms with Crippen molar-refractivity contribution >= 4 is 16.8 Å². The maximum Gasteiger partial charge on any atom is 0.280 e. The van der Waals surface area contributed by atoms with Gasteiger partial charge in [0.2, 0.25) is 5.91 Å². The lowest BCUT2D eigenvalue weighted by Gasteiger charge is -2.15. The van der Waals surface area contributed by atoms with E-state index in [1.54, 1.807) is 25.6 Å². The number of aromatic nitrogens is 5. The fourth-order valence-electron chi connectivity index (χ4n) is 3.49. The molecule has 0 aliphatic heterocycles. The highest BCUT2D eigenvalue weighted by Gasteiger charge is 2.25. The zero-order valence-electron chi connectivity index (χ0n) is 17.6. The number of amides is 1. The minimum Gasteiger partial charge on any atom is -0.383 e. The average molecular weight is 420 g/mol. The number of rotatable bonds is 7. The van der Waals surface area contributed by atoms with Gasteiger partial charge in [-0.05, 0) is 38.1 Å². The lowest BCUT2D eigenvalue weighted by atomic mass is 10.2. The second-order valence-electron chi connectivity index (χ2n) is 7.18. The number of ether oxygens (including phenoxy) is 1. The molecule has 9 heteroatoms. The number of carbonyl (C=O) groups excluding carboxylic acids is 1. The minimum atomic E-state index is -0.787. The molecule has 0 aliphatic rings. The number of hydrogen-bond donors (Lipinski definition) is 1. The number of benzene rings is 1. The summed E-state index contributed by atoms with van der Waals surface area (Å²) in [6, 6.07) is 12.6. The van der Waals surface area contributed by atoms with Crippen molar-refractivity contribution in [3.63, 3.8) is 0 Å². The third-order valence-corrected chi connectivity index (χ3v) is 5.08. The Bertz CT molecular complexity index is 1260. The standard InChI is InChI=1S/C22H24N6O3/c1-15-19-18(22(30)27(24-15)16(2)20(29)23-11-14-31-3)21(26-12-7-8-13-26)28(25-19)17-9-5-4-6-10-17/h4-10,12-13,16H,11,14H2,1-3H3,(H,23,29)/t16-/m1/s1. The third kappa shape index (κ3) is 3.75. The van der Waals surface area contributed by atoms with E-state index in [4.69, 9.17) is 9.84 Å². The Morgan fingerprint density at radius 3 is 2.52 bits per heavy atom. The first-order valence-corrected chi connectivity index (χ1v) is 10.0. The van der Waals surface area contributed by atoms with E-state index >= 15 is 0 Å². The molecule has 0 saturated heterocycles. The summed E-state index contributed by atoms with van der Waals surface area (Å²) in [5.74, 6) is 0.297. The van der Waals surface area contributed by atoms with E-state index in [9.17, 15) is 9.59 Å². The molecule has 1 atom stereocenters. The summed E-state index contributed by atoms with van der Waals surface area (Å²) in [6.07, 6.45) is 3.71. The number of aryl methyl sites for hydroxylation is 1. The Morgan fingerprint density at radius 2 is 1.84 bits per heavy atom. The quantitative estimate of drug-likeness (QED) is 0.462. The number of nitrogens with zero attached hydrogens (tertiary/aromatic N) is 5. The van der Waals surface area contributed by atoms with Crippen molar-refractivity contribution in [2.24, 2.45) is 0 Å². The summed E-state index contributed by atoms with van der Waals surface area (Å²) in [5, 5.41) is 12.3. The van der Waals surface area contributed by atoms with Crippen LogP contribution in [0.15, 0.2) is 59.7 Å². The van der Waals surface area contributed by atoms with Crippen molar-refractivity contribution in [3.8, 4) is 11.5 Å². The van der Waals surface area contributed by atoms with Gasteiger partial charge in [-0.15, -0.1) is 0 Å². The van der Waals surface area contributed by atoms with Crippen molar-refractivity contribution in [1.82, 2.24) is 29.4 Å². The number of hydrogen-bond acceptors (Lipinski definition) is 5. The van der Waals surface area contributed by atoms with Crippen molar-refractivity contribution < 1.29 is 9.53 Å². The summed E-state index contributed by atoms with van der Waals surface area (Å²) < 4.78 is 9.77. The lowest BCUT2D eigenvalue weighted by molar-refractivity contribution is -0.124. The van der Waals surface area contributed by atoms with E-state index in [0.29, 0.717) is 35.6 Å². The fraction of sp³-hybridized carbons (Fsp3) is 0.273. The van der Waals surface area contributed by atoms with Gasteiger partial charge in [0.15, 0.2) is 5.82 Å². The Labute approximate surface area is 178 Å². The van der Waals surface area contributed by atoms with Crippen LogP contribution in [0.3, 0.4) is 0 Å². The molecule has 1 aromatic carbocycles. The Hall–Kier alpha value is -3.72. The number of para-hydroxylation sites is 1. The molecule has 1 N–H and O–H groups in total. The number of nitrogens with one attached hydrogen (secondary N) is 1. The SMILES string of the molecule is COCCNC(=O)[C@@H](C)n1nc(C)c2nn(-c3ccccc3)c(-n3cccc3)c2c1=O. The van der Waals surface area contributed by atoms with Gasteiger partial charge in [0.25, 0.3) is 5.56 Å². The van der Waals surface area contributed by atoms with Crippen molar-refractivity contribution in [2.45, 2.75) is 19.9 Å². The monoisotopic (exact) mass is 420 g/mol. The van der Waals surface area contributed by atoms with Gasteiger partial charge in [0.05, 0.1) is 18.0 Å². The van der Waals surface area contributed by atoms with Crippen LogP contribution in [0.5, 0.6) is 0 Å². The van der Waals surface area contributed by atoms with Crippen LogP contribution in [0.4, 0.5) is 0 Å². The van der Waals surface area contributed by atoms with Crippen LogP contribution in [-0.2, 0) is 9.53 Å². The first-order chi connectivity index (χ1) is 15.0. The van der Waals surface area contributed by atoms with E-state index in [-0.39, 0.29) is 11.5 Å². The van der Waals surface area contributed by atoms with E-state index in [1.165, 1.54) is 4.68 Å². The normalized spacial score (nSPS) is 12.2. The lowest BCUT2D eigenvalue weighted by Crippen LogP contribution is -2.38. The second kappa shape index (κ2) is 8.57. The van der Waals surface area contributed by atoms with Crippen molar-refractivity contribution in [3.05, 3.63) is 70.9 Å². The second-order valence-corrected chi connectivity index (χ2v) is 7.18. The van der Waals surface area contributed by atoms with Crippen LogP contribution in [-0.4, -0.2) is 50.3 Å². The van der Waals surface area contributed by atoms with Crippen molar-refractivity contribution in [1.29, 1.82) is 0 Å². The molecule has 9 nitrogen and oxygen atoms in total. The molecular formula is C22H24N6O3. The third-order valence-electron chi connectivity index (χ3n) is 5.08. The molecule has 0 bridgehead atoms. The van der Waals surface area contributed by atoms with Gasteiger partial charge >= 0.3 is 0 Å². The summed E-state index contributed by atoms with van der Waals surface area (Å²) in [4.78, 5) is 26.1. The summed E-state index contributed by atoms with van der Waals surface area (Å²) >= 11 is 0. The Morgan fingerprint density at radius 1 is 1.13 bits per heavy atom. The maximum atomic E-state index is 13.5. The van der Waals surface area contributed by atoms with Crippen LogP contribution in [0.25, 0.3) is 22.4 Å². The van der Waals surface area contributed by atoms with Crippen molar-refractivity contribution in [2.75, 3.05) is 20.3 Å². The molecule has 31 heavy (non-hydrogen) atoms. The van der Waals surface area contributed by atoms with Gasteiger partial charge in [-0.3, -0.25) is 9.59 Å². The molecule has 1 amide bonds. The first-order valence-electron chi connectivity index (χ1n) is 10.0. The number of carbonyl (C=O) groups is 1. The summed E-state index contributed by atoms with van der Waals surface area (Å²) in [6.45, 7) is 4.19. The Balaban J connectivity index is 1.92. The van der Waals surface area contributed by atoms with Gasteiger partial charge < -0.3 is 14.6 Å². The van der Waals surface area contributed by atoms with Gasteiger partial charge in [0, 0.05) is 26.0 Å². The molecule has 4 aromatic rings. The molecule has 0 saturated carbocycles. The van der Waals surface area contributed by atoms with Gasteiger partial charge in [0.1, 0.15) is 16.9 Å². The topological polar surface area (TPSA) is 96.0 Å². The largest absolute Gasteiger partial charge is 0.383 e. The molecule has 4 rings (SSSR count). The molecule has 160 valence electrons. The predicted molar refractivity (Wildman–Crippen MR) is 117 cm³/mol. The van der Waals surface area contributed by atoms with Crippen LogP contribution >= 0.6 is 0 Å². The maximum absolute atomic E-state index is 13.5. The zero-order valence-corrected chi connectivity index (χ0v) is 17.6. The zero-order chi connectivity index (χ0) is 22.0. The highest BCUT2D eigenvalue weighted by molar-refractivity contribution is 5.88. The van der Waals surface area contributed by atoms with Gasteiger partial charge in [-0.25, -0.2) is 9.36 Å². The molecule has 0 spiro atoms. The molecule has 0 radical (unpaired) electrons. The minimum absolute atomic E-state index is 0.302. The van der Waals surface area contributed by atoms with E-state index < -0.39 is 6.04 Å². The van der Waals surface area contributed by atoms with E-state index in [1.807, 2.05) is 59.4 Å². The van der Waals surface area contributed by atoms with E-state index in [0.717, 1.165) is 5.69 Å². The molecule has 3 heterocycles. The molecule has 0 aliphatic carbocycles. The van der Waals surface area contributed by atoms with Crippen LogP contribution in [0, 0.1) is 6.92 Å². The molecule has 0 fully saturated rings. The highest BCUT2D eigenvalue weighted by atomic mass is 16.5. The smallest absolute Gasteiger partial charge is 0.280 e. The first kappa shape index (κ1) is 20.5. The fourth-order valence-corrected chi connectivity index (χ4v) is 3.49. The van der Waals surface area contributed by atoms with Gasteiger partial charge in [-0.2, -0.15) is 10.2 Å². The average Bonchev–Trinajstić information content (AvgIpc) is 3.44. The predicted octanol–water partition coefficient (Wildman–Crippen LogP) is 2.00. The molecule has 0 unspecified atom stereocenters. The summed E-state index contributed by atoms with van der Waals surface area (Å²) in [5.41, 5.74) is 1.51. The van der Waals surface area contributed by atoms with Crippen LogP contribution in [0.2, 0.25) is 0 Å². The highest BCUT2D eigenvalue weighted by Crippen LogP contribution is 2.25. The van der Waals surface area contributed by atoms with Crippen LogP contribution in [0.1, 0.15) is 18.7 Å². The molecular weight excluding hydrogens is 396 g/mol. The number of methoxy groups -OCH3 is 1. The van der Waals surface area contributed by atoms with E-state index in [2.05, 4.69) is 10.4 Å². The number of fused-ring (bicyclic) bond motifs is 1. The van der Waals surface area contributed by atoms with Gasteiger partial charge in [-0.1, -0.05) is 18.2 Å². The summed E-state index contributed by atoms with van der Waals surface area (Å²) in [7, 11) is 1.56.